The van der Waals surface area contributed by atoms with Crippen molar-refractivity contribution in [3.63, 3.8) is 0 Å². The Morgan fingerprint density at radius 1 is 1.50 bits per heavy atom. The van der Waals surface area contributed by atoms with Crippen LogP contribution in [-0.2, 0) is 16.1 Å². The summed E-state index contributed by atoms with van der Waals surface area (Å²) in [5.74, 6) is 0.0961. The molecular weight excluding hydrogens is 320 g/mol. The maximum atomic E-state index is 12.0. The first kappa shape index (κ1) is 15.5. The van der Waals surface area contributed by atoms with Crippen LogP contribution in [0, 0.1) is 0 Å². The molecule has 0 radical (unpaired) electrons. The van der Waals surface area contributed by atoms with Crippen molar-refractivity contribution >= 4 is 21.8 Å². The molecule has 1 fully saturated rings. The summed E-state index contributed by atoms with van der Waals surface area (Å²) in [6, 6.07) is 7.96. The van der Waals surface area contributed by atoms with E-state index in [9.17, 15) is 4.79 Å². The zero-order valence-corrected chi connectivity index (χ0v) is 13.4. The lowest BCUT2D eigenvalue weighted by Crippen LogP contribution is -2.38. The average molecular weight is 341 g/mol. The van der Waals surface area contributed by atoms with Crippen molar-refractivity contribution in [2.75, 3.05) is 26.7 Å². The molecule has 0 spiro atoms. The molecule has 0 aliphatic carbocycles. The van der Waals surface area contributed by atoms with Crippen molar-refractivity contribution in [2.45, 2.75) is 25.5 Å². The number of rotatable bonds is 6. The fraction of sp³-hybridized carbons (Fsp3) is 0.533. The average Bonchev–Trinajstić information content (AvgIpc) is 2.94. The number of likely N-dealkylation sites (N-methyl/N-ethyl adjacent to an activating group) is 1. The summed E-state index contributed by atoms with van der Waals surface area (Å²) < 4.78 is 6.55. The minimum atomic E-state index is 0.0961. The van der Waals surface area contributed by atoms with Gasteiger partial charge in [0, 0.05) is 31.2 Å². The zero-order chi connectivity index (χ0) is 14.4. The van der Waals surface area contributed by atoms with Gasteiger partial charge < -0.3 is 15.0 Å². The second-order valence-corrected chi connectivity index (χ2v) is 5.96. The summed E-state index contributed by atoms with van der Waals surface area (Å²) in [4.78, 5) is 13.8. The van der Waals surface area contributed by atoms with Gasteiger partial charge in [-0.2, -0.15) is 0 Å². The highest BCUT2D eigenvalue weighted by Crippen LogP contribution is 2.17. The van der Waals surface area contributed by atoms with Crippen molar-refractivity contribution in [3.05, 3.63) is 34.3 Å². The van der Waals surface area contributed by atoms with E-state index in [1.54, 1.807) is 4.90 Å². The molecule has 4 nitrogen and oxygen atoms in total. The van der Waals surface area contributed by atoms with Gasteiger partial charge >= 0.3 is 0 Å². The number of halogens is 1. The summed E-state index contributed by atoms with van der Waals surface area (Å²) in [6.45, 7) is 2.58. The Balaban J connectivity index is 1.73. The Bertz CT molecular complexity index is 447. The van der Waals surface area contributed by atoms with Crippen LogP contribution in [0.25, 0.3) is 0 Å². The van der Waals surface area contributed by atoms with E-state index in [0.29, 0.717) is 13.1 Å². The summed E-state index contributed by atoms with van der Waals surface area (Å²) >= 11 is 3.50. The molecule has 2 rings (SSSR count). The van der Waals surface area contributed by atoms with Crippen molar-refractivity contribution in [1.82, 2.24) is 10.2 Å². The smallest absolute Gasteiger partial charge is 0.236 e. The number of ether oxygens (including phenoxy) is 1. The van der Waals surface area contributed by atoms with Crippen LogP contribution in [-0.4, -0.2) is 43.7 Å². The molecule has 1 aliphatic rings. The highest BCUT2D eigenvalue weighted by Gasteiger charge is 2.16. The highest BCUT2D eigenvalue weighted by molar-refractivity contribution is 9.10. The monoisotopic (exact) mass is 340 g/mol. The Kier molecular flexibility index (Phi) is 6.01. The first-order chi connectivity index (χ1) is 9.66. The van der Waals surface area contributed by atoms with Gasteiger partial charge in [-0.1, -0.05) is 34.1 Å². The van der Waals surface area contributed by atoms with E-state index in [1.807, 2.05) is 31.3 Å². The Hall–Kier alpha value is -0.910. The van der Waals surface area contributed by atoms with Crippen LogP contribution in [0.3, 0.4) is 0 Å². The number of hydrogen-bond donors (Lipinski definition) is 1. The second-order valence-electron chi connectivity index (χ2n) is 5.11. The number of carbonyl (C=O) groups is 1. The lowest BCUT2D eigenvalue weighted by Gasteiger charge is -2.19. The third-order valence-corrected chi connectivity index (χ3v) is 4.24. The van der Waals surface area contributed by atoms with Crippen molar-refractivity contribution in [1.29, 1.82) is 0 Å². The number of benzene rings is 1. The standard InChI is InChI=1S/C15H21BrN2O2/c1-18(11-12-5-2-3-7-14(12)16)15(19)10-17-9-13-6-4-8-20-13/h2-3,5,7,13,17H,4,6,8-11H2,1H3. The van der Waals surface area contributed by atoms with E-state index in [1.165, 1.54) is 0 Å². The Morgan fingerprint density at radius 3 is 3.00 bits per heavy atom. The van der Waals surface area contributed by atoms with Gasteiger partial charge in [-0.05, 0) is 24.5 Å². The molecular formula is C15H21BrN2O2. The van der Waals surface area contributed by atoms with Crippen LogP contribution in [0.15, 0.2) is 28.7 Å². The molecule has 0 saturated carbocycles. The molecule has 1 amide bonds. The third kappa shape index (κ3) is 4.58. The van der Waals surface area contributed by atoms with Crippen molar-refractivity contribution < 1.29 is 9.53 Å². The topological polar surface area (TPSA) is 41.6 Å². The largest absolute Gasteiger partial charge is 0.377 e. The minimum absolute atomic E-state index is 0.0961. The van der Waals surface area contributed by atoms with Gasteiger partial charge in [0.1, 0.15) is 0 Å². The van der Waals surface area contributed by atoms with Crippen LogP contribution in [0.2, 0.25) is 0 Å². The molecule has 1 unspecified atom stereocenters. The van der Waals surface area contributed by atoms with Gasteiger partial charge in [0.2, 0.25) is 5.91 Å². The summed E-state index contributed by atoms with van der Waals surface area (Å²) in [7, 11) is 1.83. The van der Waals surface area contributed by atoms with Gasteiger partial charge in [0.15, 0.2) is 0 Å². The number of nitrogens with zero attached hydrogens (tertiary/aromatic N) is 1. The summed E-state index contributed by atoms with van der Waals surface area (Å²) in [5, 5.41) is 3.18. The molecule has 5 heteroatoms. The van der Waals surface area contributed by atoms with Gasteiger partial charge in [-0.25, -0.2) is 0 Å². The van der Waals surface area contributed by atoms with Crippen LogP contribution < -0.4 is 5.32 Å². The van der Waals surface area contributed by atoms with Gasteiger partial charge in [-0.3, -0.25) is 4.79 Å². The Morgan fingerprint density at radius 2 is 2.30 bits per heavy atom. The van der Waals surface area contributed by atoms with Crippen molar-refractivity contribution in [2.24, 2.45) is 0 Å². The molecule has 110 valence electrons. The third-order valence-electron chi connectivity index (χ3n) is 3.46. The number of amides is 1. The molecule has 0 bridgehead atoms. The van der Waals surface area contributed by atoms with Crippen LogP contribution in [0.4, 0.5) is 0 Å². The lowest BCUT2D eigenvalue weighted by atomic mass is 10.2. The summed E-state index contributed by atoms with van der Waals surface area (Å²) in [6.07, 6.45) is 2.49. The number of hydrogen-bond acceptors (Lipinski definition) is 3. The first-order valence-electron chi connectivity index (χ1n) is 6.96. The molecule has 20 heavy (non-hydrogen) atoms. The number of nitrogens with one attached hydrogen (secondary N) is 1. The van der Waals surface area contributed by atoms with E-state index < -0.39 is 0 Å². The van der Waals surface area contributed by atoms with Crippen LogP contribution >= 0.6 is 15.9 Å². The van der Waals surface area contributed by atoms with E-state index in [0.717, 1.165) is 36.0 Å². The van der Waals surface area contributed by atoms with E-state index >= 15 is 0 Å². The normalized spacial score (nSPS) is 18.2. The zero-order valence-electron chi connectivity index (χ0n) is 11.8. The van der Waals surface area contributed by atoms with Crippen molar-refractivity contribution in [3.8, 4) is 0 Å². The maximum absolute atomic E-state index is 12.0. The molecule has 1 aromatic rings. The summed E-state index contributed by atoms with van der Waals surface area (Å²) in [5.41, 5.74) is 1.11. The SMILES string of the molecule is CN(Cc1ccccc1Br)C(=O)CNCC1CCCO1. The molecule has 1 heterocycles. The van der Waals surface area contributed by atoms with Crippen LogP contribution in [0.1, 0.15) is 18.4 Å². The first-order valence-corrected chi connectivity index (χ1v) is 7.76. The van der Waals surface area contributed by atoms with E-state index in [2.05, 4.69) is 21.2 Å². The van der Waals surface area contributed by atoms with Crippen LogP contribution in [0.5, 0.6) is 0 Å². The molecule has 1 atom stereocenters. The maximum Gasteiger partial charge on any atom is 0.236 e. The molecule has 1 aliphatic heterocycles. The fourth-order valence-corrected chi connectivity index (χ4v) is 2.66. The minimum Gasteiger partial charge on any atom is -0.377 e. The molecule has 1 saturated heterocycles. The highest BCUT2D eigenvalue weighted by atomic mass is 79.9. The quantitative estimate of drug-likeness (QED) is 0.862. The van der Waals surface area contributed by atoms with Gasteiger partial charge in [-0.15, -0.1) is 0 Å². The predicted molar refractivity (Wildman–Crippen MR) is 82.5 cm³/mol. The fourth-order valence-electron chi connectivity index (χ4n) is 2.25. The van der Waals surface area contributed by atoms with E-state index in [4.69, 9.17) is 4.74 Å². The molecule has 1 N–H and O–H groups in total. The Labute approximate surface area is 128 Å². The molecule has 1 aromatic carbocycles. The molecule has 0 aromatic heterocycles. The van der Waals surface area contributed by atoms with Gasteiger partial charge in [0.05, 0.1) is 12.6 Å². The van der Waals surface area contributed by atoms with E-state index in [-0.39, 0.29) is 12.0 Å². The second kappa shape index (κ2) is 7.76. The number of carbonyl (C=O) groups excluding carboxylic acids is 1. The predicted octanol–water partition coefficient (Wildman–Crippen LogP) is 2.18. The van der Waals surface area contributed by atoms with Gasteiger partial charge in [0.25, 0.3) is 0 Å². The lowest BCUT2D eigenvalue weighted by molar-refractivity contribution is -0.129.